The molecule has 0 aromatic heterocycles. The van der Waals surface area contributed by atoms with Gasteiger partial charge in [-0.15, -0.1) is 0 Å². The summed E-state index contributed by atoms with van der Waals surface area (Å²) in [6.07, 6.45) is 2.47. The molecule has 1 saturated heterocycles. The van der Waals surface area contributed by atoms with Crippen molar-refractivity contribution >= 4 is 10.0 Å². The fourth-order valence-electron chi connectivity index (χ4n) is 2.52. The Morgan fingerprint density at radius 1 is 1.09 bits per heavy atom. The molecule has 1 N–H and O–H groups in total. The predicted molar refractivity (Wildman–Crippen MR) is 93.8 cm³/mol. The lowest BCUT2D eigenvalue weighted by Gasteiger charge is -2.19. The molecule has 0 radical (unpaired) electrons. The van der Waals surface area contributed by atoms with Crippen molar-refractivity contribution in [1.82, 2.24) is 9.62 Å². The molecule has 126 valence electrons. The molecule has 0 amide bonds. The highest BCUT2D eigenvalue weighted by atomic mass is 32.2. The SMILES string of the molecule is CC(C)(C)c1ccc(S(=O)(=O)NCC#CCN2CCCC2)cc1. The average molecular weight is 334 g/mol. The molecular weight excluding hydrogens is 308 g/mol. The first kappa shape index (κ1) is 18.0. The van der Waals surface area contributed by atoms with E-state index < -0.39 is 10.0 Å². The van der Waals surface area contributed by atoms with Gasteiger partial charge >= 0.3 is 0 Å². The van der Waals surface area contributed by atoms with E-state index in [0.717, 1.165) is 25.2 Å². The summed E-state index contributed by atoms with van der Waals surface area (Å²) < 4.78 is 27.0. The molecule has 0 spiro atoms. The van der Waals surface area contributed by atoms with Gasteiger partial charge in [0.2, 0.25) is 10.0 Å². The van der Waals surface area contributed by atoms with Crippen molar-refractivity contribution in [1.29, 1.82) is 0 Å². The molecule has 23 heavy (non-hydrogen) atoms. The van der Waals surface area contributed by atoms with Gasteiger partial charge in [-0.1, -0.05) is 44.7 Å². The Morgan fingerprint density at radius 3 is 2.26 bits per heavy atom. The van der Waals surface area contributed by atoms with Crippen molar-refractivity contribution in [2.24, 2.45) is 0 Å². The normalized spacial score (nSPS) is 16.1. The molecule has 0 aliphatic carbocycles. The maximum atomic E-state index is 12.2. The van der Waals surface area contributed by atoms with E-state index in [4.69, 9.17) is 0 Å². The van der Waals surface area contributed by atoms with Crippen LogP contribution in [0, 0.1) is 11.8 Å². The van der Waals surface area contributed by atoms with Crippen molar-refractivity contribution < 1.29 is 8.42 Å². The third-order valence-corrected chi connectivity index (χ3v) is 5.42. The molecule has 1 aromatic rings. The van der Waals surface area contributed by atoms with Gasteiger partial charge in [-0.25, -0.2) is 8.42 Å². The molecule has 4 nitrogen and oxygen atoms in total. The van der Waals surface area contributed by atoms with E-state index in [1.807, 2.05) is 12.1 Å². The zero-order valence-electron chi connectivity index (χ0n) is 14.2. The molecule has 0 saturated carbocycles. The van der Waals surface area contributed by atoms with Crippen molar-refractivity contribution in [2.45, 2.75) is 43.9 Å². The Bertz CT molecular complexity index is 670. The highest BCUT2D eigenvalue weighted by Gasteiger charge is 2.17. The summed E-state index contributed by atoms with van der Waals surface area (Å²) in [6.45, 7) is 9.38. The summed E-state index contributed by atoms with van der Waals surface area (Å²) >= 11 is 0. The standard InChI is InChI=1S/C18H26N2O2S/c1-18(2,3)16-8-10-17(11-9-16)23(21,22)19-12-4-5-13-20-14-6-7-15-20/h8-11,19H,6-7,12-15H2,1-3H3. The van der Waals surface area contributed by atoms with E-state index in [2.05, 4.69) is 42.2 Å². The fourth-order valence-corrected chi connectivity index (χ4v) is 3.44. The van der Waals surface area contributed by atoms with Crippen LogP contribution in [-0.4, -0.2) is 39.5 Å². The monoisotopic (exact) mass is 334 g/mol. The minimum absolute atomic E-state index is 0.0107. The van der Waals surface area contributed by atoms with E-state index >= 15 is 0 Å². The molecule has 1 aromatic carbocycles. The molecule has 1 aliphatic heterocycles. The first-order valence-corrected chi connectivity index (χ1v) is 9.56. The number of rotatable bonds is 4. The van der Waals surface area contributed by atoms with Gasteiger partial charge in [0.25, 0.3) is 0 Å². The minimum Gasteiger partial charge on any atom is -0.292 e. The maximum absolute atomic E-state index is 12.2. The number of nitrogens with one attached hydrogen (secondary N) is 1. The smallest absolute Gasteiger partial charge is 0.241 e. The Balaban J connectivity index is 1.90. The van der Waals surface area contributed by atoms with E-state index in [1.54, 1.807) is 12.1 Å². The van der Waals surface area contributed by atoms with Crippen LogP contribution < -0.4 is 4.72 Å². The zero-order chi connectivity index (χ0) is 16.9. The summed E-state index contributed by atoms with van der Waals surface area (Å²) in [7, 11) is -3.49. The van der Waals surface area contributed by atoms with Crippen molar-refractivity contribution in [3.05, 3.63) is 29.8 Å². The lowest BCUT2D eigenvalue weighted by molar-refractivity contribution is 0.383. The quantitative estimate of drug-likeness (QED) is 0.860. The van der Waals surface area contributed by atoms with Gasteiger partial charge in [0, 0.05) is 0 Å². The van der Waals surface area contributed by atoms with Gasteiger partial charge in [-0.3, -0.25) is 4.90 Å². The summed E-state index contributed by atoms with van der Waals surface area (Å²) in [5, 5.41) is 0. The molecule has 0 bridgehead atoms. The van der Waals surface area contributed by atoms with Gasteiger partial charge in [-0.05, 0) is 49.0 Å². The molecule has 0 atom stereocenters. The minimum atomic E-state index is -3.49. The van der Waals surface area contributed by atoms with Crippen LogP contribution >= 0.6 is 0 Å². The number of sulfonamides is 1. The first-order chi connectivity index (χ1) is 10.8. The average Bonchev–Trinajstić information content (AvgIpc) is 2.99. The van der Waals surface area contributed by atoms with Crippen LogP contribution in [0.1, 0.15) is 39.2 Å². The number of hydrogen-bond acceptors (Lipinski definition) is 3. The van der Waals surface area contributed by atoms with Crippen LogP contribution in [0.4, 0.5) is 0 Å². The molecule has 1 aliphatic rings. The van der Waals surface area contributed by atoms with E-state index in [-0.39, 0.29) is 16.9 Å². The maximum Gasteiger partial charge on any atom is 0.241 e. The summed E-state index contributed by atoms with van der Waals surface area (Å²) in [5.74, 6) is 5.92. The van der Waals surface area contributed by atoms with Gasteiger partial charge in [0.05, 0.1) is 18.0 Å². The summed E-state index contributed by atoms with van der Waals surface area (Å²) in [4.78, 5) is 2.57. The van der Waals surface area contributed by atoms with Crippen LogP contribution in [0.2, 0.25) is 0 Å². The Morgan fingerprint density at radius 2 is 1.70 bits per heavy atom. The van der Waals surface area contributed by atoms with Gasteiger partial charge in [0.15, 0.2) is 0 Å². The van der Waals surface area contributed by atoms with Gasteiger partial charge in [-0.2, -0.15) is 4.72 Å². The second-order valence-corrected chi connectivity index (χ2v) is 8.70. The molecule has 1 heterocycles. The topological polar surface area (TPSA) is 49.4 Å². The van der Waals surface area contributed by atoms with Crippen LogP contribution in [0.25, 0.3) is 0 Å². The second kappa shape index (κ2) is 7.48. The Kier molecular flexibility index (Phi) is 5.85. The zero-order valence-corrected chi connectivity index (χ0v) is 15.0. The van der Waals surface area contributed by atoms with E-state index in [1.165, 1.54) is 12.8 Å². The van der Waals surface area contributed by atoms with E-state index in [0.29, 0.717) is 0 Å². The number of hydrogen-bond donors (Lipinski definition) is 1. The largest absolute Gasteiger partial charge is 0.292 e. The van der Waals surface area contributed by atoms with E-state index in [9.17, 15) is 8.42 Å². The molecule has 0 unspecified atom stereocenters. The number of nitrogens with zero attached hydrogens (tertiary/aromatic N) is 1. The Hall–Kier alpha value is -1.35. The molecule has 5 heteroatoms. The van der Waals surface area contributed by atoms with Crippen molar-refractivity contribution in [3.8, 4) is 11.8 Å². The number of likely N-dealkylation sites (tertiary alicyclic amines) is 1. The fraction of sp³-hybridized carbons (Fsp3) is 0.556. The van der Waals surface area contributed by atoms with Crippen LogP contribution in [0.15, 0.2) is 29.2 Å². The van der Waals surface area contributed by atoms with Gasteiger partial charge in [0.1, 0.15) is 0 Å². The van der Waals surface area contributed by atoms with Crippen LogP contribution in [0.3, 0.4) is 0 Å². The highest BCUT2D eigenvalue weighted by Crippen LogP contribution is 2.23. The third kappa shape index (κ3) is 5.35. The van der Waals surface area contributed by atoms with Crippen molar-refractivity contribution in [2.75, 3.05) is 26.2 Å². The molecule has 1 fully saturated rings. The highest BCUT2D eigenvalue weighted by molar-refractivity contribution is 7.89. The van der Waals surface area contributed by atoms with Crippen LogP contribution in [-0.2, 0) is 15.4 Å². The molecule has 2 rings (SSSR count). The Labute approximate surface area is 140 Å². The third-order valence-electron chi connectivity index (χ3n) is 4.01. The first-order valence-electron chi connectivity index (χ1n) is 8.07. The summed E-state index contributed by atoms with van der Waals surface area (Å²) in [5.41, 5.74) is 1.12. The van der Waals surface area contributed by atoms with Crippen molar-refractivity contribution in [3.63, 3.8) is 0 Å². The summed E-state index contributed by atoms with van der Waals surface area (Å²) in [6, 6.07) is 7.04. The number of benzene rings is 1. The lowest BCUT2D eigenvalue weighted by atomic mass is 9.87. The van der Waals surface area contributed by atoms with Gasteiger partial charge < -0.3 is 0 Å². The predicted octanol–water partition coefficient (Wildman–Crippen LogP) is 2.36. The molecular formula is C18H26N2O2S. The second-order valence-electron chi connectivity index (χ2n) is 6.94. The van der Waals surface area contributed by atoms with Crippen LogP contribution in [0.5, 0.6) is 0 Å². The lowest BCUT2D eigenvalue weighted by Crippen LogP contribution is -2.24.